The van der Waals surface area contributed by atoms with E-state index in [9.17, 15) is 22.6 Å². The topological polar surface area (TPSA) is 118 Å². The summed E-state index contributed by atoms with van der Waals surface area (Å²) in [6, 6.07) is 14.8. The van der Waals surface area contributed by atoms with E-state index in [4.69, 9.17) is 0 Å². The van der Waals surface area contributed by atoms with Gasteiger partial charge in [-0.05, 0) is 36.8 Å². The first-order chi connectivity index (χ1) is 15.2. The molecule has 0 bridgehead atoms. The molecule has 8 nitrogen and oxygen atoms in total. The van der Waals surface area contributed by atoms with Gasteiger partial charge in [-0.15, -0.1) is 0 Å². The normalized spacial score (nSPS) is 12.3. The summed E-state index contributed by atoms with van der Waals surface area (Å²) < 4.78 is 34.9. The number of anilines is 2. The quantitative estimate of drug-likeness (QED) is 0.307. The predicted octanol–water partition coefficient (Wildman–Crippen LogP) is 3.06. The summed E-state index contributed by atoms with van der Waals surface area (Å²) in [5.74, 6) is -0.276. The Bertz CT molecular complexity index is 1640. The molecule has 10 heteroatoms. The van der Waals surface area contributed by atoms with Gasteiger partial charge in [-0.25, -0.2) is 4.79 Å². The van der Waals surface area contributed by atoms with Gasteiger partial charge < -0.3 is 5.32 Å². The van der Waals surface area contributed by atoms with Gasteiger partial charge in [0.25, 0.3) is 10.1 Å². The van der Waals surface area contributed by atoms with Crippen molar-refractivity contribution in [3.8, 4) is 11.3 Å². The van der Waals surface area contributed by atoms with Crippen LogP contribution in [-0.4, -0.2) is 57.9 Å². The van der Waals surface area contributed by atoms with Gasteiger partial charge in [-0.3, -0.25) is 13.9 Å². The van der Waals surface area contributed by atoms with Crippen LogP contribution in [0.2, 0.25) is 0 Å². The molecule has 161 valence electrons. The van der Waals surface area contributed by atoms with Crippen LogP contribution >= 0.6 is 0 Å². The first kappa shape index (κ1) is 23.3. The average Bonchev–Trinajstić information content (AvgIpc) is 2.75. The second-order valence-electron chi connectivity index (χ2n) is 7.66. The van der Waals surface area contributed by atoms with Crippen LogP contribution in [-0.2, 0) is 17.2 Å². The summed E-state index contributed by atoms with van der Waals surface area (Å²) >= 11 is 0. The van der Waals surface area contributed by atoms with Crippen molar-refractivity contribution >= 4 is 67.7 Å². The molecular weight excluding hydrogens is 453 g/mol. The molecule has 1 heterocycles. The van der Waals surface area contributed by atoms with Crippen molar-refractivity contribution in [3.63, 3.8) is 0 Å². The van der Waals surface area contributed by atoms with Gasteiger partial charge in [0.1, 0.15) is 4.90 Å². The summed E-state index contributed by atoms with van der Waals surface area (Å²) in [7, 11) is -2.94. The standard InChI is InChI=1S/C23H17N3O5S.Na/c1-12-7-8-15(18(11-12)32(29,30)31)24-16-9-10-17-20-19(16)22(27)14-6-4-3-5-13(14)21(20)25-23(28)26(17)2;/h3-11,24H,1-2H3,(H,29,30,31);. The molecular formula is C23H17N3NaO5S. The van der Waals surface area contributed by atoms with Crippen LogP contribution < -0.4 is 11.0 Å². The second kappa shape index (κ2) is 8.19. The molecule has 4 aromatic rings. The number of aryl methyl sites for hydroxylation is 2. The zero-order valence-electron chi connectivity index (χ0n) is 18.1. The predicted molar refractivity (Wildman–Crippen MR) is 126 cm³/mol. The number of hydrogen-bond acceptors (Lipinski definition) is 6. The Labute approximate surface area is 211 Å². The van der Waals surface area contributed by atoms with Gasteiger partial charge in [0, 0.05) is 53.1 Å². The van der Waals surface area contributed by atoms with E-state index in [1.54, 1.807) is 56.4 Å². The number of nitrogens with zero attached hydrogens (tertiary/aromatic N) is 2. The third-order valence-electron chi connectivity index (χ3n) is 5.61. The van der Waals surface area contributed by atoms with Crippen molar-refractivity contribution < 1.29 is 17.8 Å². The van der Waals surface area contributed by atoms with Gasteiger partial charge in [0.15, 0.2) is 5.78 Å². The largest absolute Gasteiger partial charge is 0.354 e. The van der Waals surface area contributed by atoms with Crippen molar-refractivity contribution in [1.29, 1.82) is 0 Å². The molecule has 3 aromatic carbocycles. The molecule has 1 aliphatic carbocycles. The van der Waals surface area contributed by atoms with Crippen LogP contribution in [0.15, 0.2) is 64.3 Å². The fourth-order valence-corrected chi connectivity index (χ4v) is 4.82. The summed E-state index contributed by atoms with van der Waals surface area (Å²) in [5.41, 5.74) is 2.84. The van der Waals surface area contributed by atoms with Crippen LogP contribution in [0.1, 0.15) is 21.5 Å². The number of carbonyl (C=O) groups excluding carboxylic acids is 1. The first-order valence-electron chi connectivity index (χ1n) is 9.70. The van der Waals surface area contributed by atoms with Crippen LogP contribution in [0.3, 0.4) is 0 Å². The molecule has 1 radical (unpaired) electrons. The number of aromatic nitrogens is 2. The van der Waals surface area contributed by atoms with Crippen LogP contribution in [0.4, 0.5) is 11.4 Å². The Morgan fingerprint density at radius 2 is 1.64 bits per heavy atom. The molecule has 0 aliphatic heterocycles. The fourth-order valence-electron chi connectivity index (χ4n) is 4.09. The summed E-state index contributed by atoms with van der Waals surface area (Å²) in [4.78, 5) is 29.9. The third-order valence-corrected chi connectivity index (χ3v) is 6.51. The summed E-state index contributed by atoms with van der Waals surface area (Å²) in [6.07, 6.45) is 0. The van der Waals surface area contributed by atoms with Gasteiger partial charge in [0.2, 0.25) is 0 Å². The number of rotatable bonds is 3. The second-order valence-corrected chi connectivity index (χ2v) is 9.05. The van der Waals surface area contributed by atoms with Crippen molar-refractivity contribution in [2.24, 2.45) is 7.05 Å². The SMILES string of the molecule is Cc1ccc(Nc2ccc3c4c(nc(=O)n3C)-c3ccccc3C(=O)c24)c(S(=O)(=O)O)c1.[Na]. The third kappa shape index (κ3) is 3.71. The number of hydrogen-bond donors (Lipinski definition) is 2. The van der Waals surface area contributed by atoms with E-state index in [-0.39, 0.29) is 51.5 Å². The van der Waals surface area contributed by atoms with Crippen molar-refractivity contribution in [3.05, 3.63) is 81.8 Å². The molecule has 0 saturated heterocycles. The average molecular weight is 470 g/mol. The molecule has 1 aromatic heterocycles. The number of nitrogens with one attached hydrogen (secondary N) is 1. The minimum Gasteiger partial charge on any atom is -0.354 e. The summed E-state index contributed by atoms with van der Waals surface area (Å²) in [5, 5.41) is 3.50. The van der Waals surface area contributed by atoms with E-state index in [1.807, 2.05) is 0 Å². The van der Waals surface area contributed by atoms with Gasteiger partial charge in [0.05, 0.1) is 28.1 Å². The van der Waals surface area contributed by atoms with Crippen LogP contribution in [0.25, 0.3) is 22.2 Å². The number of ketones is 1. The molecule has 0 unspecified atom stereocenters. The molecule has 1 aliphatic rings. The van der Waals surface area contributed by atoms with Crippen molar-refractivity contribution in [1.82, 2.24) is 9.55 Å². The van der Waals surface area contributed by atoms with Crippen LogP contribution in [0.5, 0.6) is 0 Å². The number of fused-ring (bicyclic) bond motifs is 2. The van der Waals surface area contributed by atoms with Crippen molar-refractivity contribution in [2.45, 2.75) is 11.8 Å². The Morgan fingerprint density at radius 3 is 2.33 bits per heavy atom. The maximum absolute atomic E-state index is 13.5. The fraction of sp³-hybridized carbons (Fsp3) is 0.0870. The zero-order chi connectivity index (χ0) is 22.8. The molecule has 2 N–H and O–H groups in total. The van der Waals surface area contributed by atoms with Crippen LogP contribution in [0, 0.1) is 6.92 Å². The Balaban J connectivity index is 0.00000259. The van der Waals surface area contributed by atoms with Crippen molar-refractivity contribution in [2.75, 3.05) is 5.32 Å². The molecule has 0 amide bonds. The van der Waals surface area contributed by atoms with E-state index < -0.39 is 15.8 Å². The zero-order valence-corrected chi connectivity index (χ0v) is 20.9. The van der Waals surface area contributed by atoms with E-state index in [1.165, 1.54) is 16.7 Å². The van der Waals surface area contributed by atoms with Gasteiger partial charge in [-0.1, -0.05) is 30.3 Å². The Hall–Kier alpha value is -2.82. The minimum atomic E-state index is -4.51. The van der Waals surface area contributed by atoms with E-state index in [0.717, 1.165) is 0 Å². The summed E-state index contributed by atoms with van der Waals surface area (Å²) in [6.45, 7) is 1.71. The van der Waals surface area contributed by atoms with Gasteiger partial charge in [-0.2, -0.15) is 13.4 Å². The molecule has 0 spiro atoms. The molecule has 33 heavy (non-hydrogen) atoms. The molecule has 5 rings (SSSR count). The van der Waals surface area contributed by atoms with E-state index >= 15 is 0 Å². The molecule has 0 fully saturated rings. The smallest absolute Gasteiger partial charge is 0.348 e. The monoisotopic (exact) mass is 470 g/mol. The molecule has 0 atom stereocenters. The number of carbonyl (C=O) groups is 1. The number of benzene rings is 3. The van der Waals surface area contributed by atoms with Gasteiger partial charge >= 0.3 is 5.69 Å². The van der Waals surface area contributed by atoms with E-state index in [0.29, 0.717) is 39.0 Å². The maximum atomic E-state index is 13.5. The Kier molecular flexibility index (Phi) is 5.80. The maximum Gasteiger partial charge on any atom is 0.348 e. The first-order valence-corrected chi connectivity index (χ1v) is 11.1. The van der Waals surface area contributed by atoms with E-state index in [2.05, 4.69) is 10.3 Å². The molecule has 0 saturated carbocycles. The minimum absolute atomic E-state index is 0. The Morgan fingerprint density at radius 1 is 0.970 bits per heavy atom.